The van der Waals surface area contributed by atoms with E-state index in [-0.39, 0.29) is 6.61 Å². The Morgan fingerprint density at radius 1 is 0.966 bits per heavy atom. The molecule has 0 aliphatic carbocycles. The largest absolute Gasteiger partial charge is 0.489 e. The third kappa shape index (κ3) is 6.09. The number of hydrogen-bond donors (Lipinski definition) is 1. The van der Waals surface area contributed by atoms with E-state index in [1.807, 2.05) is 37.3 Å². The second kappa shape index (κ2) is 9.75. The lowest BCUT2D eigenvalue weighted by Gasteiger charge is -2.10. The highest BCUT2D eigenvalue weighted by molar-refractivity contribution is 6.30. The average Bonchev–Trinajstić information content (AvgIpc) is 2.73. The first-order valence-electron chi connectivity index (χ1n) is 9.01. The molecule has 0 saturated heterocycles. The summed E-state index contributed by atoms with van der Waals surface area (Å²) in [6, 6.07) is 21.5. The summed E-state index contributed by atoms with van der Waals surface area (Å²) >= 11 is 5.90. The van der Waals surface area contributed by atoms with E-state index < -0.39 is 11.9 Å². The Morgan fingerprint density at radius 3 is 2.38 bits per heavy atom. The molecular formula is C23H20ClNO4. The Morgan fingerprint density at radius 2 is 1.69 bits per heavy atom. The molecule has 1 amide bonds. The van der Waals surface area contributed by atoms with Gasteiger partial charge in [-0.2, -0.15) is 0 Å². The van der Waals surface area contributed by atoms with Gasteiger partial charge < -0.3 is 14.8 Å². The Bertz CT molecular complexity index is 988. The van der Waals surface area contributed by atoms with Crippen LogP contribution in [0, 0.1) is 6.92 Å². The zero-order valence-corrected chi connectivity index (χ0v) is 16.6. The van der Waals surface area contributed by atoms with E-state index in [2.05, 4.69) is 5.32 Å². The molecule has 0 aliphatic rings. The summed E-state index contributed by atoms with van der Waals surface area (Å²) in [5.41, 5.74) is 2.84. The SMILES string of the molecule is Cc1cc(Cl)ccc1NC(=O)COC(=O)c1ccc(OCc2ccccc2)cc1. The Labute approximate surface area is 174 Å². The Hall–Kier alpha value is -3.31. The molecular weight excluding hydrogens is 390 g/mol. The maximum absolute atomic E-state index is 12.1. The summed E-state index contributed by atoms with van der Waals surface area (Å²) in [6.45, 7) is 1.89. The zero-order valence-electron chi connectivity index (χ0n) is 15.9. The Kier molecular flexibility index (Phi) is 6.87. The molecule has 0 unspecified atom stereocenters. The van der Waals surface area contributed by atoms with E-state index in [0.29, 0.717) is 28.6 Å². The third-order valence-corrected chi connectivity index (χ3v) is 4.37. The second-order valence-electron chi connectivity index (χ2n) is 6.38. The van der Waals surface area contributed by atoms with Gasteiger partial charge in [0.2, 0.25) is 0 Å². The highest BCUT2D eigenvalue weighted by Gasteiger charge is 2.11. The van der Waals surface area contributed by atoms with Crippen LogP contribution in [0.15, 0.2) is 72.8 Å². The van der Waals surface area contributed by atoms with E-state index >= 15 is 0 Å². The standard InChI is InChI=1S/C23H20ClNO4/c1-16-13-19(24)9-12-21(16)25-22(26)15-29-23(27)18-7-10-20(11-8-18)28-14-17-5-3-2-4-6-17/h2-13H,14-15H2,1H3,(H,25,26). The van der Waals surface area contributed by atoms with Crippen LogP contribution in [0.5, 0.6) is 5.75 Å². The van der Waals surface area contributed by atoms with Crippen molar-refractivity contribution < 1.29 is 19.1 Å². The lowest BCUT2D eigenvalue weighted by Crippen LogP contribution is -2.21. The molecule has 3 aromatic carbocycles. The van der Waals surface area contributed by atoms with Crippen molar-refractivity contribution >= 4 is 29.2 Å². The number of rotatable bonds is 7. The highest BCUT2D eigenvalue weighted by Crippen LogP contribution is 2.19. The Balaban J connectivity index is 1.48. The minimum atomic E-state index is -0.581. The van der Waals surface area contributed by atoms with E-state index in [9.17, 15) is 9.59 Å². The van der Waals surface area contributed by atoms with Crippen LogP contribution in [0.3, 0.4) is 0 Å². The summed E-state index contributed by atoms with van der Waals surface area (Å²) in [5, 5.41) is 3.28. The third-order valence-electron chi connectivity index (χ3n) is 4.14. The normalized spacial score (nSPS) is 10.3. The fourth-order valence-electron chi connectivity index (χ4n) is 2.60. The van der Waals surface area contributed by atoms with Crippen LogP contribution in [-0.4, -0.2) is 18.5 Å². The highest BCUT2D eigenvalue weighted by atomic mass is 35.5. The van der Waals surface area contributed by atoms with Gasteiger partial charge in [-0.3, -0.25) is 4.79 Å². The van der Waals surface area contributed by atoms with Crippen LogP contribution in [0.25, 0.3) is 0 Å². The van der Waals surface area contributed by atoms with Crippen LogP contribution in [0.4, 0.5) is 5.69 Å². The van der Waals surface area contributed by atoms with Crippen LogP contribution in [-0.2, 0) is 16.1 Å². The summed E-state index contributed by atoms with van der Waals surface area (Å²) < 4.78 is 10.8. The van der Waals surface area contributed by atoms with Crippen LogP contribution < -0.4 is 10.1 Å². The van der Waals surface area contributed by atoms with Gasteiger partial charge in [0.05, 0.1) is 5.56 Å². The molecule has 148 valence electrons. The summed E-state index contributed by atoms with van der Waals surface area (Å²) in [5.74, 6) is -0.365. The van der Waals surface area contributed by atoms with Crippen LogP contribution in [0.1, 0.15) is 21.5 Å². The molecule has 0 aromatic heterocycles. The molecule has 0 saturated carbocycles. The maximum Gasteiger partial charge on any atom is 0.338 e. The van der Waals surface area contributed by atoms with Gasteiger partial charge >= 0.3 is 5.97 Å². The predicted octanol–water partition coefficient (Wildman–Crippen LogP) is 5.02. The van der Waals surface area contributed by atoms with Crippen molar-refractivity contribution in [1.82, 2.24) is 0 Å². The van der Waals surface area contributed by atoms with Gasteiger partial charge in [-0.05, 0) is 60.5 Å². The lowest BCUT2D eigenvalue weighted by molar-refractivity contribution is -0.119. The van der Waals surface area contributed by atoms with Crippen molar-refractivity contribution in [3.8, 4) is 5.75 Å². The molecule has 6 heteroatoms. The first kappa shape index (κ1) is 20.4. The quantitative estimate of drug-likeness (QED) is 0.556. The van der Waals surface area contributed by atoms with Gasteiger partial charge in [-0.1, -0.05) is 41.9 Å². The van der Waals surface area contributed by atoms with Gasteiger partial charge in [0.1, 0.15) is 12.4 Å². The molecule has 0 spiro atoms. The predicted molar refractivity (Wildman–Crippen MR) is 112 cm³/mol. The van der Waals surface area contributed by atoms with Crippen molar-refractivity contribution in [2.45, 2.75) is 13.5 Å². The molecule has 0 atom stereocenters. The number of carbonyl (C=O) groups excluding carboxylic acids is 2. The monoisotopic (exact) mass is 409 g/mol. The zero-order chi connectivity index (χ0) is 20.6. The smallest absolute Gasteiger partial charge is 0.338 e. The van der Waals surface area contributed by atoms with Crippen molar-refractivity contribution in [2.24, 2.45) is 0 Å². The number of hydrogen-bond acceptors (Lipinski definition) is 4. The second-order valence-corrected chi connectivity index (χ2v) is 6.82. The van der Waals surface area contributed by atoms with Gasteiger partial charge in [0.15, 0.2) is 6.61 Å². The molecule has 5 nitrogen and oxygen atoms in total. The number of anilines is 1. The van der Waals surface area contributed by atoms with Gasteiger partial charge in [0.25, 0.3) is 5.91 Å². The van der Waals surface area contributed by atoms with E-state index in [0.717, 1.165) is 11.1 Å². The van der Waals surface area contributed by atoms with Crippen molar-refractivity contribution in [1.29, 1.82) is 0 Å². The lowest BCUT2D eigenvalue weighted by atomic mass is 10.2. The molecule has 3 rings (SSSR count). The first-order chi connectivity index (χ1) is 14.0. The molecule has 0 fully saturated rings. The molecule has 29 heavy (non-hydrogen) atoms. The molecule has 3 aromatic rings. The molecule has 0 radical (unpaired) electrons. The van der Waals surface area contributed by atoms with Crippen molar-refractivity contribution in [3.05, 3.63) is 94.5 Å². The van der Waals surface area contributed by atoms with Gasteiger partial charge in [0, 0.05) is 10.7 Å². The maximum atomic E-state index is 12.1. The van der Waals surface area contributed by atoms with Crippen molar-refractivity contribution in [2.75, 3.05) is 11.9 Å². The number of benzene rings is 3. The van der Waals surface area contributed by atoms with Crippen LogP contribution >= 0.6 is 11.6 Å². The molecule has 0 aliphatic heterocycles. The average molecular weight is 410 g/mol. The first-order valence-corrected chi connectivity index (χ1v) is 9.39. The summed E-state index contributed by atoms with van der Waals surface area (Å²) in [6.07, 6.45) is 0. The number of ether oxygens (including phenoxy) is 2. The number of carbonyl (C=O) groups is 2. The number of nitrogens with one attached hydrogen (secondary N) is 1. The summed E-state index contributed by atoms with van der Waals surface area (Å²) in [7, 11) is 0. The topological polar surface area (TPSA) is 64.6 Å². The van der Waals surface area contributed by atoms with E-state index in [1.165, 1.54) is 0 Å². The van der Waals surface area contributed by atoms with E-state index in [1.54, 1.807) is 42.5 Å². The van der Waals surface area contributed by atoms with Crippen molar-refractivity contribution in [3.63, 3.8) is 0 Å². The molecule has 0 heterocycles. The van der Waals surface area contributed by atoms with Gasteiger partial charge in [-0.15, -0.1) is 0 Å². The fraction of sp³-hybridized carbons (Fsp3) is 0.130. The minimum Gasteiger partial charge on any atom is -0.489 e. The molecule has 1 N–H and O–H groups in total. The summed E-state index contributed by atoms with van der Waals surface area (Å²) in [4.78, 5) is 24.2. The van der Waals surface area contributed by atoms with E-state index in [4.69, 9.17) is 21.1 Å². The number of halogens is 1. The number of aryl methyl sites for hydroxylation is 1. The molecule has 0 bridgehead atoms. The minimum absolute atomic E-state index is 0.340. The fourth-order valence-corrected chi connectivity index (χ4v) is 2.82. The number of esters is 1. The number of amides is 1. The van der Waals surface area contributed by atoms with Crippen LogP contribution in [0.2, 0.25) is 5.02 Å². The van der Waals surface area contributed by atoms with Gasteiger partial charge in [-0.25, -0.2) is 4.79 Å².